The Balaban J connectivity index is 1.19. The number of Topliss-reactive ketones (excluding diaryl/α,β-unsaturated/α-hetero) is 1. The lowest BCUT2D eigenvalue weighted by atomic mass is 9.84. The molecule has 17 heteroatoms. The van der Waals surface area contributed by atoms with Gasteiger partial charge in [-0.15, -0.1) is 11.8 Å². The van der Waals surface area contributed by atoms with Crippen LogP contribution in [0, 0.1) is 0 Å². The summed E-state index contributed by atoms with van der Waals surface area (Å²) in [4.78, 5) is 91.8. The minimum Gasteiger partial charge on any atom is -0.444 e. The number of carbonyl (C=O) groups is 7. The predicted octanol–water partition coefficient (Wildman–Crippen LogP) is 8.18. The summed E-state index contributed by atoms with van der Waals surface area (Å²) in [5, 5.41) is 13.3. The van der Waals surface area contributed by atoms with Gasteiger partial charge in [-0.05, 0) is 94.5 Å². The van der Waals surface area contributed by atoms with Crippen LogP contribution >= 0.6 is 11.8 Å². The summed E-state index contributed by atoms with van der Waals surface area (Å²) in [6, 6.07) is 41.3. The average molecular weight is 1000 g/mol. The number of rotatable bonds is 22. The van der Waals surface area contributed by atoms with Gasteiger partial charge >= 0.3 is 18.3 Å². The van der Waals surface area contributed by atoms with Crippen molar-refractivity contribution >= 4 is 59.2 Å². The van der Waals surface area contributed by atoms with E-state index in [2.05, 4.69) is 26.6 Å². The number of alkyl carbamates (subject to hydrolysis) is 2. The summed E-state index contributed by atoms with van der Waals surface area (Å²) in [5.41, 5.74) is 8.25. The van der Waals surface area contributed by atoms with Crippen LogP contribution in [0.5, 0.6) is 5.75 Å². The van der Waals surface area contributed by atoms with Crippen LogP contribution in [0.15, 0.2) is 146 Å². The van der Waals surface area contributed by atoms with Crippen molar-refractivity contribution < 1.29 is 47.8 Å². The Labute approximate surface area is 424 Å². The molecule has 5 rings (SSSR count). The van der Waals surface area contributed by atoms with Gasteiger partial charge in [0.05, 0.1) is 10.8 Å². The molecule has 0 aliphatic heterocycles. The molecule has 0 spiro atoms. The van der Waals surface area contributed by atoms with Crippen LogP contribution in [-0.2, 0) is 39.8 Å². The molecule has 5 aromatic rings. The van der Waals surface area contributed by atoms with Crippen molar-refractivity contribution in [2.45, 2.75) is 101 Å². The Bertz CT molecular complexity index is 2490. The van der Waals surface area contributed by atoms with Crippen LogP contribution < -0.4 is 37.1 Å². The van der Waals surface area contributed by atoms with E-state index in [0.29, 0.717) is 11.3 Å². The van der Waals surface area contributed by atoms with E-state index < -0.39 is 75.9 Å². The number of ether oxygens (including phenoxy) is 3. The zero-order chi connectivity index (χ0) is 52.3. The molecular weight excluding hydrogens is 937 g/mol. The van der Waals surface area contributed by atoms with E-state index in [0.717, 1.165) is 16.7 Å². The number of benzene rings is 5. The largest absolute Gasteiger partial charge is 0.444 e. The summed E-state index contributed by atoms with van der Waals surface area (Å²) in [6.07, 6.45) is -3.17. The third-order valence-corrected chi connectivity index (χ3v) is 12.3. The van der Waals surface area contributed by atoms with Crippen LogP contribution in [0.3, 0.4) is 0 Å². The average Bonchev–Trinajstić information content (AvgIpc) is 3.33. The van der Waals surface area contributed by atoms with Crippen LogP contribution in [0.2, 0.25) is 0 Å². The summed E-state index contributed by atoms with van der Waals surface area (Å²) in [6.45, 7) is 10.00. The summed E-state index contributed by atoms with van der Waals surface area (Å²) < 4.78 is 15.4. The Kier molecular flexibility index (Phi) is 19.9. The molecule has 16 nitrogen and oxygen atoms in total. The second-order valence-electron chi connectivity index (χ2n) is 18.8. The van der Waals surface area contributed by atoms with Gasteiger partial charge in [-0.3, -0.25) is 19.2 Å². The molecule has 6 amide bonds. The summed E-state index contributed by atoms with van der Waals surface area (Å²) in [7, 11) is 0. The van der Waals surface area contributed by atoms with Gasteiger partial charge in [0.25, 0.3) is 0 Å². The van der Waals surface area contributed by atoms with E-state index in [-0.39, 0.29) is 43.7 Å². The van der Waals surface area contributed by atoms with E-state index >= 15 is 0 Å². The number of thioether (sulfide) groups is 1. The number of ketones is 1. The molecular formula is C55H64N6O10S. The van der Waals surface area contributed by atoms with Gasteiger partial charge in [-0.1, -0.05) is 121 Å². The maximum Gasteiger partial charge on any atom is 0.412 e. The zero-order valence-corrected chi connectivity index (χ0v) is 42.2. The van der Waals surface area contributed by atoms with Crippen molar-refractivity contribution in [1.29, 1.82) is 0 Å². The Hall–Kier alpha value is -7.66. The maximum absolute atomic E-state index is 13.7. The monoisotopic (exact) mass is 1000 g/mol. The first kappa shape index (κ1) is 55.3. The highest BCUT2D eigenvalue weighted by Gasteiger charge is 2.38. The molecule has 72 heavy (non-hydrogen) atoms. The van der Waals surface area contributed by atoms with Crippen LogP contribution in [0.4, 0.5) is 20.1 Å². The van der Waals surface area contributed by atoms with Crippen molar-refractivity contribution in [3.63, 3.8) is 0 Å². The smallest absolute Gasteiger partial charge is 0.412 e. The molecule has 0 unspecified atom stereocenters. The fourth-order valence-corrected chi connectivity index (χ4v) is 8.99. The van der Waals surface area contributed by atoms with Crippen molar-refractivity contribution in [2.24, 2.45) is 5.73 Å². The van der Waals surface area contributed by atoms with Crippen LogP contribution in [0.25, 0.3) is 0 Å². The molecule has 0 radical (unpaired) electrons. The highest BCUT2D eigenvalue weighted by Crippen LogP contribution is 2.48. The van der Waals surface area contributed by atoms with Gasteiger partial charge in [-0.2, -0.15) is 0 Å². The summed E-state index contributed by atoms with van der Waals surface area (Å²) in [5.74, 6) is -2.11. The first-order chi connectivity index (χ1) is 34.2. The quantitative estimate of drug-likeness (QED) is 0.0362. The number of carbonyl (C=O) groups excluding carboxylic acids is 7. The predicted molar refractivity (Wildman–Crippen MR) is 277 cm³/mol. The molecule has 0 bridgehead atoms. The van der Waals surface area contributed by atoms with E-state index in [1.165, 1.54) is 23.9 Å². The topological polar surface area (TPSA) is 233 Å². The number of nitrogens with two attached hydrogens (primary N) is 1. The number of amides is 6. The van der Waals surface area contributed by atoms with Gasteiger partial charge in [-0.25, -0.2) is 14.4 Å². The normalized spacial score (nSPS) is 12.7. The lowest BCUT2D eigenvalue weighted by Gasteiger charge is -2.36. The fourth-order valence-electron chi connectivity index (χ4n) is 7.41. The Morgan fingerprint density at radius 2 is 1.03 bits per heavy atom. The minimum absolute atomic E-state index is 0.0792. The number of nitrogens with one attached hydrogen (secondary N) is 5. The lowest BCUT2D eigenvalue weighted by molar-refractivity contribution is -0.128. The van der Waals surface area contributed by atoms with Crippen LogP contribution in [0.1, 0.15) is 83.1 Å². The minimum atomic E-state index is -1.18. The molecule has 0 fully saturated rings. The molecule has 0 aliphatic rings. The maximum atomic E-state index is 13.7. The molecule has 0 saturated carbocycles. The fraction of sp³-hybridized carbons (Fsp3) is 0.327. The second-order valence-corrected chi connectivity index (χ2v) is 20.0. The highest BCUT2D eigenvalue weighted by molar-refractivity contribution is 8.00. The first-order valence-electron chi connectivity index (χ1n) is 23.5. The molecule has 3 atom stereocenters. The number of hydrogen-bond donors (Lipinski definition) is 6. The van der Waals surface area contributed by atoms with E-state index in [1.54, 1.807) is 77.9 Å². The molecule has 5 aromatic carbocycles. The van der Waals surface area contributed by atoms with Crippen LogP contribution in [-0.4, -0.2) is 83.4 Å². The van der Waals surface area contributed by atoms with Gasteiger partial charge < -0.3 is 46.5 Å². The van der Waals surface area contributed by atoms with E-state index in [9.17, 15) is 33.6 Å². The molecule has 0 aliphatic carbocycles. The van der Waals surface area contributed by atoms with E-state index in [1.807, 2.05) is 97.1 Å². The molecule has 380 valence electrons. The van der Waals surface area contributed by atoms with Gasteiger partial charge in [0.2, 0.25) is 17.7 Å². The van der Waals surface area contributed by atoms with Gasteiger partial charge in [0, 0.05) is 37.2 Å². The first-order valence-corrected chi connectivity index (χ1v) is 24.5. The van der Waals surface area contributed by atoms with Gasteiger partial charge in [0.1, 0.15) is 29.0 Å². The number of hydrogen-bond acceptors (Lipinski definition) is 11. The van der Waals surface area contributed by atoms with Gasteiger partial charge in [0.15, 0.2) is 5.78 Å². The van der Waals surface area contributed by atoms with Crippen molar-refractivity contribution in [3.8, 4) is 5.75 Å². The molecule has 0 saturated heterocycles. The number of para-hydroxylation sites is 1. The molecule has 7 N–H and O–H groups in total. The third kappa shape index (κ3) is 17.6. The molecule has 0 heterocycles. The summed E-state index contributed by atoms with van der Waals surface area (Å²) >= 11 is 1.45. The van der Waals surface area contributed by atoms with Crippen molar-refractivity contribution in [1.82, 2.24) is 21.3 Å². The highest BCUT2D eigenvalue weighted by atomic mass is 32.2. The molecule has 0 aromatic heterocycles. The Morgan fingerprint density at radius 1 is 0.556 bits per heavy atom. The van der Waals surface area contributed by atoms with Crippen molar-refractivity contribution in [3.05, 3.63) is 168 Å². The second kappa shape index (κ2) is 26.0. The Morgan fingerprint density at radius 3 is 1.50 bits per heavy atom. The standard InChI is InChI=1S/C55H64N6O10S/c1-53(2,3)70-51(67)60-43(33-34-57-50(66)69-42-29-27-37(28-30-42)35-44(61-52(68)71-54(4,5)6)49(65)58-41-25-17-10-18-26-41)46(62)31-32-47(63)59-45(48(56)64)36-72-55(38-19-11-7-12-20-38,39-21-13-8-14-22-39)40-23-15-9-16-24-40/h7-30,43-45H,31-36H2,1-6H3,(H2,56,64)(H,57,66)(H,58,65)(H,59,63)(H,60,67)(H,61,68)/t43-,44-,45-/m0/s1. The number of primary amides is 1. The number of anilines is 1. The third-order valence-electron chi connectivity index (χ3n) is 10.7. The van der Waals surface area contributed by atoms with Crippen molar-refractivity contribution in [2.75, 3.05) is 17.6 Å². The van der Waals surface area contributed by atoms with E-state index in [4.69, 9.17) is 19.9 Å². The SMILES string of the molecule is CC(C)(C)OC(=O)N[C@@H](CCNC(=O)Oc1ccc(C[C@H](NC(=O)OC(C)(C)C)C(=O)Nc2ccccc2)cc1)C(=O)CCC(=O)N[C@@H](CSC(c1ccccc1)(c1ccccc1)c1ccccc1)C(N)=O. The zero-order valence-electron chi connectivity index (χ0n) is 41.4. The lowest BCUT2D eigenvalue weighted by Crippen LogP contribution is -2.48.